The van der Waals surface area contributed by atoms with Crippen molar-refractivity contribution in [1.82, 2.24) is 5.32 Å². The molecule has 1 unspecified atom stereocenters. The van der Waals surface area contributed by atoms with Gasteiger partial charge in [-0.25, -0.2) is 4.39 Å². The number of halogens is 1. The van der Waals surface area contributed by atoms with E-state index in [1.165, 1.54) is 23.4 Å². The van der Waals surface area contributed by atoms with Crippen molar-refractivity contribution >= 4 is 11.8 Å². The predicted octanol–water partition coefficient (Wildman–Crippen LogP) is 2.53. The lowest BCUT2D eigenvalue weighted by molar-refractivity contribution is 0.626. The Morgan fingerprint density at radius 1 is 1.36 bits per heavy atom. The molecule has 1 nitrogen and oxygen atoms in total. The number of benzene rings is 1. The van der Waals surface area contributed by atoms with Crippen molar-refractivity contribution in [2.24, 2.45) is 5.92 Å². The molecule has 0 radical (unpaired) electrons. The van der Waals surface area contributed by atoms with Gasteiger partial charge in [-0.3, -0.25) is 0 Å². The molecule has 1 aliphatic heterocycles. The molecule has 1 atom stereocenters. The monoisotopic (exact) mass is 211 g/mol. The second-order valence-electron chi connectivity index (χ2n) is 3.62. The lowest BCUT2D eigenvalue weighted by Crippen LogP contribution is -2.10. The molecule has 1 aliphatic rings. The van der Waals surface area contributed by atoms with E-state index in [0.717, 1.165) is 24.8 Å². The van der Waals surface area contributed by atoms with Gasteiger partial charge < -0.3 is 5.32 Å². The van der Waals surface area contributed by atoms with Crippen LogP contribution in [0.2, 0.25) is 0 Å². The van der Waals surface area contributed by atoms with E-state index in [1.807, 2.05) is 23.9 Å². The van der Waals surface area contributed by atoms with Crippen LogP contribution in [0.1, 0.15) is 6.42 Å². The fourth-order valence-corrected chi connectivity index (χ4v) is 2.64. The first-order chi connectivity index (χ1) is 6.84. The molecule has 3 heteroatoms. The molecule has 76 valence electrons. The van der Waals surface area contributed by atoms with E-state index in [0.29, 0.717) is 0 Å². The fraction of sp³-hybridized carbons (Fsp3) is 0.455. The first kappa shape index (κ1) is 9.99. The summed E-state index contributed by atoms with van der Waals surface area (Å²) in [5, 5.41) is 3.34. The summed E-state index contributed by atoms with van der Waals surface area (Å²) in [5.41, 5.74) is 0. The second kappa shape index (κ2) is 4.80. The Morgan fingerprint density at radius 3 is 2.79 bits per heavy atom. The van der Waals surface area contributed by atoms with Gasteiger partial charge in [-0.15, -0.1) is 11.8 Å². The van der Waals surface area contributed by atoms with Gasteiger partial charge in [0, 0.05) is 10.6 Å². The third kappa shape index (κ3) is 2.72. The smallest absolute Gasteiger partial charge is 0.123 e. The molecular weight excluding hydrogens is 197 g/mol. The molecule has 1 fully saturated rings. The van der Waals surface area contributed by atoms with E-state index in [2.05, 4.69) is 5.32 Å². The van der Waals surface area contributed by atoms with Gasteiger partial charge in [0.05, 0.1) is 0 Å². The average Bonchev–Trinajstić information content (AvgIpc) is 2.70. The van der Waals surface area contributed by atoms with Gasteiger partial charge in [0.25, 0.3) is 0 Å². The van der Waals surface area contributed by atoms with E-state index in [4.69, 9.17) is 0 Å². The number of nitrogens with one attached hydrogen (secondary N) is 1. The fourth-order valence-electron chi connectivity index (χ4n) is 1.60. The maximum absolute atomic E-state index is 12.6. The van der Waals surface area contributed by atoms with Crippen molar-refractivity contribution in [2.75, 3.05) is 18.8 Å². The summed E-state index contributed by atoms with van der Waals surface area (Å²) in [4.78, 5) is 1.17. The molecule has 0 aromatic heterocycles. The second-order valence-corrected chi connectivity index (χ2v) is 4.72. The van der Waals surface area contributed by atoms with Gasteiger partial charge in [0.2, 0.25) is 0 Å². The van der Waals surface area contributed by atoms with Crippen LogP contribution < -0.4 is 5.32 Å². The summed E-state index contributed by atoms with van der Waals surface area (Å²) in [5.74, 6) is 1.76. The molecule has 2 rings (SSSR count). The highest BCUT2D eigenvalue weighted by molar-refractivity contribution is 7.99. The molecule has 1 aromatic carbocycles. The summed E-state index contributed by atoms with van der Waals surface area (Å²) in [7, 11) is 0. The Labute approximate surface area is 88.1 Å². The molecular formula is C11H14FNS. The maximum Gasteiger partial charge on any atom is 0.123 e. The zero-order chi connectivity index (χ0) is 9.80. The molecule has 1 heterocycles. The van der Waals surface area contributed by atoms with Crippen LogP contribution in [0.15, 0.2) is 29.2 Å². The van der Waals surface area contributed by atoms with Crippen molar-refractivity contribution in [3.63, 3.8) is 0 Å². The number of rotatable bonds is 3. The predicted molar refractivity (Wildman–Crippen MR) is 58.1 cm³/mol. The molecule has 1 aromatic rings. The van der Waals surface area contributed by atoms with Crippen molar-refractivity contribution in [2.45, 2.75) is 11.3 Å². The van der Waals surface area contributed by atoms with Crippen molar-refractivity contribution in [3.8, 4) is 0 Å². The quantitative estimate of drug-likeness (QED) is 0.771. The van der Waals surface area contributed by atoms with E-state index >= 15 is 0 Å². The maximum atomic E-state index is 12.6. The van der Waals surface area contributed by atoms with Gasteiger partial charge >= 0.3 is 0 Å². The minimum atomic E-state index is -0.156. The van der Waals surface area contributed by atoms with Crippen LogP contribution >= 0.6 is 11.8 Å². The highest BCUT2D eigenvalue weighted by atomic mass is 32.2. The molecule has 0 amide bonds. The van der Waals surface area contributed by atoms with Gasteiger partial charge in [0.15, 0.2) is 0 Å². The minimum absolute atomic E-state index is 0.156. The summed E-state index contributed by atoms with van der Waals surface area (Å²) < 4.78 is 12.6. The molecule has 14 heavy (non-hydrogen) atoms. The van der Waals surface area contributed by atoms with Crippen LogP contribution in [0.4, 0.5) is 4.39 Å². The van der Waals surface area contributed by atoms with Crippen molar-refractivity contribution in [3.05, 3.63) is 30.1 Å². The SMILES string of the molecule is Fc1ccc(SCC2CCNC2)cc1. The highest BCUT2D eigenvalue weighted by Crippen LogP contribution is 2.23. The van der Waals surface area contributed by atoms with Gasteiger partial charge in [-0.05, 0) is 49.7 Å². The molecule has 1 N–H and O–H groups in total. The van der Waals surface area contributed by atoms with Crippen LogP contribution in [-0.2, 0) is 0 Å². The van der Waals surface area contributed by atoms with Crippen LogP contribution in [0.5, 0.6) is 0 Å². The van der Waals surface area contributed by atoms with Gasteiger partial charge in [-0.2, -0.15) is 0 Å². The molecule has 0 bridgehead atoms. The van der Waals surface area contributed by atoms with Gasteiger partial charge in [-0.1, -0.05) is 0 Å². The van der Waals surface area contributed by atoms with Crippen LogP contribution in [0.25, 0.3) is 0 Å². The van der Waals surface area contributed by atoms with E-state index in [1.54, 1.807) is 0 Å². The molecule has 0 spiro atoms. The Morgan fingerprint density at radius 2 is 2.14 bits per heavy atom. The normalized spacial score (nSPS) is 21.4. The van der Waals surface area contributed by atoms with Crippen LogP contribution in [-0.4, -0.2) is 18.8 Å². The zero-order valence-electron chi connectivity index (χ0n) is 8.00. The zero-order valence-corrected chi connectivity index (χ0v) is 8.82. The minimum Gasteiger partial charge on any atom is -0.316 e. The van der Waals surface area contributed by atoms with E-state index in [-0.39, 0.29) is 5.82 Å². The van der Waals surface area contributed by atoms with Crippen LogP contribution in [0.3, 0.4) is 0 Å². The number of hydrogen-bond acceptors (Lipinski definition) is 2. The average molecular weight is 211 g/mol. The lowest BCUT2D eigenvalue weighted by Gasteiger charge is -2.07. The summed E-state index contributed by atoms with van der Waals surface area (Å²) in [6.07, 6.45) is 1.27. The first-order valence-electron chi connectivity index (χ1n) is 4.94. The Bertz CT molecular complexity index is 280. The topological polar surface area (TPSA) is 12.0 Å². The van der Waals surface area contributed by atoms with E-state index in [9.17, 15) is 4.39 Å². The van der Waals surface area contributed by atoms with Crippen LogP contribution in [0, 0.1) is 11.7 Å². The lowest BCUT2D eigenvalue weighted by atomic mass is 10.2. The van der Waals surface area contributed by atoms with Crippen molar-refractivity contribution in [1.29, 1.82) is 0 Å². The van der Waals surface area contributed by atoms with Crippen molar-refractivity contribution < 1.29 is 4.39 Å². The highest BCUT2D eigenvalue weighted by Gasteiger charge is 2.14. The standard InChI is InChI=1S/C11H14FNS/c12-10-1-3-11(4-2-10)14-8-9-5-6-13-7-9/h1-4,9,13H,5-8H2. The Kier molecular flexibility index (Phi) is 3.43. The molecule has 1 saturated heterocycles. The van der Waals surface area contributed by atoms with E-state index < -0.39 is 0 Å². The third-order valence-electron chi connectivity index (χ3n) is 2.46. The number of hydrogen-bond donors (Lipinski definition) is 1. The Hall–Kier alpha value is -0.540. The molecule has 0 saturated carbocycles. The first-order valence-corrected chi connectivity index (χ1v) is 5.92. The Balaban J connectivity index is 1.82. The van der Waals surface area contributed by atoms with Gasteiger partial charge in [0.1, 0.15) is 5.82 Å². The summed E-state index contributed by atoms with van der Waals surface area (Å²) in [6, 6.07) is 6.75. The molecule has 0 aliphatic carbocycles. The third-order valence-corrected chi connectivity index (χ3v) is 3.71. The number of thioether (sulfide) groups is 1. The summed E-state index contributed by atoms with van der Waals surface area (Å²) >= 11 is 1.82. The largest absolute Gasteiger partial charge is 0.316 e. The summed E-state index contributed by atoms with van der Waals surface area (Å²) in [6.45, 7) is 2.28.